The van der Waals surface area contributed by atoms with Gasteiger partial charge in [-0.1, -0.05) is 23.5 Å². The van der Waals surface area contributed by atoms with Crippen molar-refractivity contribution >= 4 is 34.2 Å². The number of imide groups is 1. The molecule has 1 aliphatic heterocycles. The average Bonchev–Trinajstić information content (AvgIpc) is 3.24. The van der Waals surface area contributed by atoms with E-state index in [0.717, 1.165) is 16.3 Å². The van der Waals surface area contributed by atoms with Crippen LogP contribution in [0.25, 0.3) is 0 Å². The molecule has 5 aliphatic rings. The van der Waals surface area contributed by atoms with Gasteiger partial charge in [0.15, 0.2) is 0 Å². The third-order valence-electron chi connectivity index (χ3n) is 5.83. The van der Waals surface area contributed by atoms with Gasteiger partial charge in [-0.15, -0.1) is 10.2 Å². The topological polar surface area (TPSA) is 92.3 Å². The number of hydrogen-bond acceptors (Lipinski definition) is 6. The van der Waals surface area contributed by atoms with Gasteiger partial charge < -0.3 is 0 Å². The van der Waals surface area contributed by atoms with Crippen LogP contribution in [-0.4, -0.2) is 39.4 Å². The van der Waals surface area contributed by atoms with Gasteiger partial charge in [-0.25, -0.2) is 0 Å². The number of nitrogens with zero attached hydrogens (tertiary/aromatic N) is 3. The molecule has 1 aromatic rings. The predicted molar refractivity (Wildman–Crippen MR) is 84.7 cm³/mol. The molecule has 6 atom stereocenters. The van der Waals surface area contributed by atoms with Crippen molar-refractivity contribution in [3.63, 3.8) is 0 Å². The number of anilines is 1. The summed E-state index contributed by atoms with van der Waals surface area (Å²) in [6.07, 6.45) is 5.38. The van der Waals surface area contributed by atoms with E-state index in [1.54, 1.807) is 6.92 Å². The Morgan fingerprint density at radius 1 is 1.21 bits per heavy atom. The lowest BCUT2D eigenvalue weighted by atomic mass is 9.63. The minimum atomic E-state index is -0.406. The standard InChI is InChI=1S/C16H16N4O3S/c1-6-18-19-16(24-6)17-11(21)5-20-14(22)12-7-2-3-8(10-4-9(7)10)13(12)15(20)23/h2-3,7-10,12-13H,4-5H2,1H3,(H,17,19,21)/t7-,8-,9-,10+,12-,13+/m0/s1. The first-order chi connectivity index (χ1) is 11.5. The Bertz CT molecular complexity index is 767. The highest BCUT2D eigenvalue weighted by molar-refractivity contribution is 7.15. The van der Waals surface area contributed by atoms with E-state index in [4.69, 9.17) is 0 Å². The predicted octanol–water partition coefficient (Wildman–Crippen LogP) is 0.838. The second kappa shape index (κ2) is 4.72. The van der Waals surface area contributed by atoms with Crippen LogP contribution in [0, 0.1) is 42.4 Å². The summed E-state index contributed by atoms with van der Waals surface area (Å²) in [4.78, 5) is 38.9. The normalized spacial score (nSPS) is 38.3. The maximum atomic E-state index is 12.8. The number of amides is 3. The first-order valence-corrected chi connectivity index (χ1v) is 9.00. The van der Waals surface area contributed by atoms with Crippen LogP contribution < -0.4 is 5.32 Å². The highest BCUT2D eigenvalue weighted by atomic mass is 32.1. The zero-order valence-electron chi connectivity index (χ0n) is 13.0. The molecule has 0 unspecified atom stereocenters. The average molecular weight is 344 g/mol. The Hall–Kier alpha value is -2.09. The fourth-order valence-electron chi connectivity index (χ4n) is 4.82. The zero-order chi connectivity index (χ0) is 16.6. The maximum absolute atomic E-state index is 12.8. The second-order valence-corrected chi connectivity index (χ2v) is 8.27. The van der Waals surface area contributed by atoms with Gasteiger partial charge in [0.2, 0.25) is 22.9 Å². The Labute approximate surface area is 142 Å². The van der Waals surface area contributed by atoms with E-state index in [-0.39, 0.29) is 42.0 Å². The number of rotatable bonds is 3. The van der Waals surface area contributed by atoms with Gasteiger partial charge in [0.25, 0.3) is 0 Å². The molecule has 0 radical (unpaired) electrons. The molecule has 3 amide bonds. The van der Waals surface area contributed by atoms with Crippen LogP contribution in [0.1, 0.15) is 11.4 Å². The van der Waals surface area contributed by atoms with E-state index < -0.39 is 5.91 Å². The minimum absolute atomic E-state index is 0.181. The van der Waals surface area contributed by atoms with Gasteiger partial charge in [-0.2, -0.15) is 0 Å². The fourth-order valence-corrected chi connectivity index (χ4v) is 5.43. The van der Waals surface area contributed by atoms with Gasteiger partial charge in [0, 0.05) is 0 Å². The molecule has 1 aromatic heterocycles. The van der Waals surface area contributed by atoms with E-state index in [1.807, 2.05) is 0 Å². The SMILES string of the molecule is Cc1nnc(NC(=O)CN2C(=O)[C@@H]3[C@H]4C=C[C@@H]([C@@H]5C[C@H]45)[C@@H]3C2=O)s1. The smallest absolute Gasteiger partial charge is 0.246 e. The molecular formula is C16H16N4O3S. The van der Waals surface area contributed by atoms with Gasteiger partial charge in [-0.05, 0) is 37.0 Å². The quantitative estimate of drug-likeness (QED) is 0.648. The van der Waals surface area contributed by atoms with Crippen LogP contribution in [0.5, 0.6) is 0 Å². The van der Waals surface area contributed by atoms with Gasteiger partial charge in [0.1, 0.15) is 11.6 Å². The first-order valence-electron chi connectivity index (χ1n) is 8.18. The highest BCUT2D eigenvalue weighted by Gasteiger charge is 2.67. The molecular weight excluding hydrogens is 328 g/mol. The number of carbonyl (C=O) groups excluding carboxylic acids is 3. The number of nitrogens with one attached hydrogen (secondary N) is 1. The molecule has 6 rings (SSSR count). The summed E-state index contributed by atoms with van der Waals surface area (Å²) in [5, 5.41) is 11.4. The Morgan fingerprint density at radius 3 is 2.38 bits per heavy atom. The lowest BCUT2D eigenvalue weighted by molar-refractivity contribution is -0.142. The van der Waals surface area contributed by atoms with Crippen LogP contribution in [0.3, 0.4) is 0 Å². The Balaban J connectivity index is 1.34. The van der Waals surface area contributed by atoms with Crippen molar-refractivity contribution in [3.8, 4) is 0 Å². The third kappa shape index (κ3) is 1.86. The second-order valence-electron chi connectivity index (χ2n) is 7.09. The molecule has 24 heavy (non-hydrogen) atoms. The molecule has 2 bridgehead atoms. The van der Waals surface area contributed by atoms with Crippen molar-refractivity contribution in [1.29, 1.82) is 0 Å². The number of aryl methyl sites for hydroxylation is 1. The monoisotopic (exact) mass is 344 g/mol. The van der Waals surface area contributed by atoms with Crippen LogP contribution in [-0.2, 0) is 14.4 Å². The lowest BCUT2D eigenvalue weighted by Gasteiger charge is -2.37. The summed E-state index contributed by atoms with van der Waals surface area (Å²) in [6, 6.07) is 0. The molecule has 1 saturated heterocycles. The fraction of sp³-hybridized carbons (Fsp3) is 0.562. The largest absolute Gasteiger partial charge is 0.299 e. The number of aromatic nitrogens is 2. The molecule has 124 valence electrons. The van der Waals surface area contributed by atoms with E-state index in [9.17, 15) is 14.4 Å². The number of allylic oxidation sites excluding steroid dienone is 2. The third-order valence-corrected chi connectivity index (χ3v) is 6.58. The van der Waals surface area contributed by atoms with E-state index in [2.05, 4.69) is 27.7 Å². The Kier molecular flexibility index (Phi) is 2.81. The van der Waals surface area contributed by atoms with Gasteiger partial charge in [0.05, 0.1) is 11.8 Å². The molecule has 1 N–H and O–H groups in total. The minimum Gasteiger partial charge on any atom is -0.299 e. The molecule has 7 nitrogen and oxygen atoms in total. The van der Waals surface area contributed by atoms with Crippen molar-refractivity contribution in [2.75, 3.05) is 11.9 Å². The van der Waals surface area contributed by atoms with Crippen molar-refractivity contribution in [1.82, 2.24) is 15.1 Å². The summed E-state index contributed by atoms with van der Waals surface area (Å²) >= 11 is 1.26. The summed E-state index contributed by atoms with van der Waals surface area (Å²) in [5.41, 5.74) is 0. The first kappa shape index (κ1) is 14.3. The molecule has 0 spiro atoms. The maximum Gasteiger partial charge on any atom is 0.246 e. The van der Waals surface area contributed by atoms with Crippen molar-refractivity contribution in [3.05, 3.63) is 17.2 Å². The summed E-state index contributed by atoms with van der Waals surface area (Å²) in [7, 11) is 0. The summed E-state index contributed by atoms with van der Waals surface area (Å²) < 4.78 is 0. The molecule has 3 fully saturated rings. The summed E-state index contributed by atoms with van der Waals surface area (Å²) in [6.45, 7) is 1.55. The van der Waals surface area contributed by atoms with Crippen molar-refractivity contribution in [2.45, 2.75) is 13.3 Å². The van der Waals surface area contributed by atoms with Crippen LogP contribution in [0.4, 0.5) is 5.13 Å². The molecule has 2 heterocycles. The van der Waals surface area contributed by atoms with E-state index in [0.29, 0.717) is 17.0 Å². The van der Waals surface area contributed by atoms with Gasteiger partial charge >= 0.3 is 0 Å². The zero-order valence-corrected chi connectivity index (χ0v) is 13.8. The molecule has 2 saturated carbocycles. The number of carbonyl (C=O) groups is 3. The lowest BCUT2D eigenvalue weighted by Crippen LogP contribution is -2.40. The van der Waals surface area contributed by atoms with E-state index in [1.165, 1.54) is 11.3 Å². The van der Waals surface area contributed by atoms with E-state index >= 15 is 0 Å². The van der Waals surface area contributed by atoms with Gasteiger partial charge in [-0.3, -0.25) is 24.6 Å². The van der Waals surface area contributed by atoms with Crippen LogP contribution in [0.15, 0.2) is 12.2 Å². The van der Waals surface area contributed by atoms with Crippen molar-refractivity contribution in [2.24, 2.45) is 35.5 Å². The molecule has 0 aromatic carbocycles. The Morgan fingerprint density at radius 2 is 1.83 bits per heavy atom. The number of hydrogen-bond donors (Lipinski definition) is 1. The summed E-state index contributed by atoms with van der Waals surface area (Å²) in [5.74, 6) is 0.210. The molecule has 4 aliphatic carbocycles. The van der Waals surface area contributed by atoms with Crippen molar-refractivity contribution < 1.29 is 14.4 Å². The van der Waals surface area contributed by atoms with Crippen LogP contribution in [0.2, 0.25) is 0 Å². The highest BCUT2D eigenvalue weighted by Crippen LogP contribution is 2.65. The molecule has 8 heteroatoms. The number of likely N-dealkylation sites (tertiary alicyclic amines) is 1. The van der Waals surface area contributed by atoms with Crippen LogP contribution >= 0.6 is 11.3 Å².